The summed E-state index contributed by atoms with van der Waals surface area (Å²) in [5.74, 6) is -0.134. The van der Waals surface area contributed by atoms with E-state index in [1.807, 2.05) is 12.1 Å². The molecule has 1 N–H and O–H groups in total. The lowest BCUT2D eigenvalue weighted by Gasteiger charge is -2.18. The van der Waals surface area contributed by atoms with E-state index >= 15 is 0 Å². The maximum Gasteiger partial charge on any atom is 0.223 e. The van der Waals surface area contributed by atoms with Crippen molar-refractivity contribution in [3.8, 4) is 10.6 Å². The van der Waals surface area contributed by atoms with Crippen LogP contribution in [0.5, 0.6) is 0 Å². The van der Waals surface area contributed by atoms with Crippen LogP contribution in [0.2, 0.25) is 0 Å². The number of aromatic nitrogens is 2. The molecule has 100 valence electrons. The van der Waals surface area contributed by atoms with Gasteiger partial charge in [-0.1, -0.05) is 56.4 Å². The first-order valence-corrected chi connectivity index (χ1v) is 6.90. The third kappa shape index (κ3) is 3.38. The van der Waals surface area contributed by atoms with Crippen LogP contribution in [0.25, 0.3) is 10.6 Å². The molecule has 1 amide bonds. The molecule has 0 aliphatic carbocycles. The molecule has 0 atom stereocenters. The highest BCUT2D eigenvalue weighted by molar-refractivity contribution is 7.18. The van der Waals surface area contributed by atoms with Gasteiger partial charge in [-0.25, -0.2) is 0 Å². The van der Waals surface area contributed by atoms with Crippen molar-refractivity contribution in [3.63, 3.8) is 0 Å². The molecule has 0 saturated heterocycles. The molecule has 0 unspecified atom stereocenters. The van der Waals surface area contributed by atoms with Crippen molar-refractivity contribution in [2.24, 2.45) is 0 Å². The summed E-state index contributed by atoms with van der Waals surface area (Å²) >= 11 is 1.37. The SMILES string of the molecule is CC(=O)Nc1nnc(-c2ccc(C(C)(C)C)cc2)s1. The Morgan fingerprint density at radius 2 is 1.79 bits per heavy atom. The van der Waals surface area contributed by atoms with Gasteiger partial charge in [0.15, 0.2) is 0 Å². The minimum absolute atomic E-state index is 0.134. The van der Waals surface area contributed by atoms with Gasteiger partial charge in [-0.3, -0.25) is 4.79 Å². The van der Waals surface area contributed by atoms with E-state index in [1.165, 1.54) is 23.8 Å². The Morgan fingerprint density at radius 3 is 2.32 bits per heavy atom. The highest BCUT2D eigenvalue weighted by Gasteiger charge is 2.14. The van der Waals surface area contributed by atoms with Crippen molar-refractivity contribution in [3.05, 3.63) is 29.8 Å². The smallest absolute Gasteiger partial charge is 0.223 e. The van der Waals surface area contributed by atoms with Gasteiger partial charge in [0.05, 0.1) is 0 Å². The van der Waals surface area contributed by atoms with Crippen molar-refractivity contribution in [1.82, 2.24) is 10.2 Å². The molecule has 1 aromatic heterocycles. The van der Waals surface area contributed by atoms with E-state index in [9.17, 15) is 4.79 Å². The zero-order chi connectivity index (χ0) is 14.0. The van der Waals surface area contributed by atoms with Crippen LogP contribution in [0.3, 0.4) is 0 Å². The second-order valence-corrected chi connectivity index (χ2v) is 6.40. The summed E-state index contributed by atoms with van der Waals surface area (Å²) in [7, 11) is 0. The van der Waals surface area contributed by atoms with E-state index in [4.69, 9.17) is 0 Å². The minimum atomic E-state index is -0.134. The molecule has 19 heavy (non-hydrogen) atoms. The van der Waals surface area contributed by atoms with Crippen molar-refractivity contribution < 1.29 is 4.79 Å². The lowest BCUT2D eigenvalue weighted by Crippen LogP contribution is -2.10. The van der Waals surface area contributed by atoms with Gasteiger partial charge in [0.2, 0.25) is 11.0 Å². The fraction of sp³-hybridized carbons (Fsp3) is 0.357. The van der Waals surface area contributed by atoms with Gasteiger partial charge in [0, 0.05) is 12.5 Å². The van der Waals surface area contributed by atoms with Gasteiger partial charge in [0.1, 0.15) is 5.01 Å². The van der Waals surface area contributed by atoms with Gasteiger partial charge in [-0.2, -0.15) is 0 Å². The number of hydrogen-bond acceptors (Lipinski definition) is 4. The number of nitrogens with one attached hydrogen (secondary N) is 1. The van der Waals surface area contributed by atoms with Gasteiger partial charge in [-0.05, 0) is 11.0 Å². The zero-order valence-electron chi connectivity index (χ0n) is 11.5. The molecule has 4 nitrogen and oxygen atoms in total. The number of amides is 1. The summed E-state index contributed by atoms with van der Waals surface area (Å²) < 4.78 is 0. The number of carbonyl (C=O) groups excluding carboxylic acids is 1. The number of carbonyl (C=O) groups is 1. The highest BCUT2D eigenvalue weighted by Crippen LogP contribution is 2.29. The normalized spacial score (nSPS) is 11.4. The van der Waals surface area contributed by atoms with Crippen LogP contribution in [0, 0.1) is 0 Å². The number of nitrogens with zero attached hydrogens (tertiary/aromatic N) is 2. The number of anilines is 1. The van der Waals surface area contributed by atoms with E-state index in [-0.39, 0.29) is 11.3 Å². The molecule has 2 rings (SSSR count). The van der Waals surface area contributed by atoms with E-state index in [2.05, 4.69) is 48.4 Å². The predicted octanol–water partition coefficient (Wildman–Crippen LogP) is 3.46. The van der Waals surface area contributed by atoms with E-state index in [0.717, 1.165) is 10.6 Å². The Hall–Kier alpha value is -1.75. The van der Waals surface area contributed by atoms with Crippen molar-refractivity contribution in [2.75, 3.05) is 5.32 Å². The van der Waals surface area contributed by atoms with Crippen LogP contribution < -0.4 is 5.32 Å². The first-order chi connectivity index (χ1) is 8.86. The summed E-state index contributed by atoms with van der Waals surface area (Å²) in [5.41, 5.74) is 2.44. The molecule has 2 aromatic rings. The first kappa shape index (κ1) is 13.7. The molecule has 0 bridgehead atoms. The molecule has 0 saturated carbocycles. The Labute approximate surface area is 116 Å². The Morgan fingerprint density at radius 1 is 1.16 bits per heavy atom. The number of benzene rings is 1. The summed E-state index contributed by atoms with van der Waals surface area (Å²) in [6.07, 6.45) is 0. The maximum atomic E-state index is 10.9. The molecular formula is C14H17N3OS. The topological polar surface area (TPSA) is 54.9 Å². The molecule has 1 heterocycles. The molecule has 0 radical (unpaired) electrons. The molecule has 0 aliphatic rings. The quantitative estimate of drug-likeness (QED) is 0.913. The third-order valence-corrected chi connectivity index (χ3v) is 3.59. The second-order valence-electron chi connectivity index (χ2n) is 5.42. The Balaban J connectivity index is 2.23. The van der Waals surface area contributed by atoms with E-state index < -0.39 is 0 Å². The summed E-state index contributed by atoms with van der Waals surface area (Å²) in [6, 6.07) is 8.29. The summed E-state index contributed by atoms with van der Waals surface area (Å²) in [6.45, 7) is 8.00. The summed E-state index contributed by atoms with van der Waals surface area (Å²) in [5, 5.41) is 12.0. The highest BCUT2D eigenvalue weighted by atomic mass is 32.1. The lowest BCUT2D eigenvalue weighted by atomic mass is 9.87. The monoisotopic (exact) mass is 275 g/mol. The van der Waals surface area contributed by atoms with Crippen LogP contribution >= 0.6 is 11.3 Å². The molecular weight excluding hydrogens is 258 g/mol. The third-order valence-electron chi connectivity index (χ3n) is 2.71. The first-order valence-electron chi connectivity index (χ1n) is 6.08. The summed E-state index contributed by atoms with van der Waals surface area (Å²) in [4.78, 5) is 10.9. The molecule has 1 aromatic carbocycles. The van der Waals surface area contributed by atoms with Crippen LogP contribution in [-0.2, 0) is 10.2 Å². The zero-order valence-corrected chi connectivity index (χ0v) is 12.3. The average Bonchev–Trinajstić information content (AvgIpc) is 2.75. The largest absolute Gasteiger partial charge is 0.301 e. The molecule has 0 spiro atoms. The Bertz CT molecular complexity index is 581. The van der Waals surface area contributed by atoms with Gasteiger partial charge < -0.3 is 5.32 Å². The Kier molecular flexibility index (Phi) is 3.66. The van der Waals surface area contributed by atoms with Crippen molar-refractivity contribution >= 4 is 22.4 Å². The fourth-order valence-corrected chi connectivity index (χ4v) is 2.45. The number of rotatable bonds is 2. The average molecular weight is 275 g/mol. The van der Waals surface area contributed by atoms with Crippen LogP contribution in [0.1, 0.15) is 33.3 Å². The van der Waals surface area contributed by atoms with Crippen LogP contribution in [0.15, 0.2) is 24.3 Å². The van der Waals surface area contributed by atoms with Gasteiger partial charge >= 0.3 is 0 Å². The maximum absolute atomic E-state index is 10.9. The standard InChI is InChI=1S/C14H17N3OS/c1-9(18)15-13-17-16-12(19-13)10-5-7-11(8-6-10)14(2,3)4/h5-8H,1-4H3,(H,15,17,18). The van der Waals surface area contributed by atoms with Crippen LogP contribution in [0.4, 0.5) is 5.13 Å². The van der Waals surface area contributed by atoms with Crippen LogP contribution in [-0.4, -0.2) is 16.1 Å². The molecule has 0 aliphatic heterocycles. The lowest BCUT2D eigenvalue weighted by molar-refractivity contribution is -0.114. The van der Waals surface area contributed by atoms with Gasteiger partial charge in [-0.15, -0.1) is 10.2 Å². The minimum Gasteiger partial charge on any atom is -0.301 e. The van der Waals surface area contributed by atoms with Gasteiger partial charge in [0.25, 0.3) is 0 Å². The predicted molar refractivity (Wildman–Crippen MR) is 78.3 cm³/mol. The van der Waals surface area contributed by atoms with Crippen molar-refractivity contribution in [2.45, 2.75) is 33.1 Å². The fourth-order valence-electron chi connectivity index (χ4n) is 1.65. The number of hydrogen-bond donors (Lipinski definition) is 1. The van der Waals surface area contributed by atoms with Crippen molar-refractivity contribution in [1.29, 1.82) is 0 Å². The van der Waals surface area contributed by atoms with E-state index in [0.29, 0.717) is 5.13 Å². The molecule has 0 fully saturated rings. The van der Waals surface area contributed by atoms with E-state index in [1.54, 1.807) is 0 Å². The molecule has 5 heteroatoms. The second kappa shape index (κ2) is 5.09.